The van der Waals surface area contributed by atoms with Crippen molar-refractivity contribution in [3.8, 4) is 0 Å². The van der Waals surface area contributed by atoms with Crippen LogP contribution in [0.3, 0.4) is 0 Å². The van der Waals surface area contributed by atoms with Crippen molar-refractivity contribution in [2.45, 2.75) is 16.7 Å². The van der Waals surface area contributed by atoms with Gasteiger partial charge in [0.1, 0.15) is 0 Å². The second kappa shape index (κ2) is 8.75. The van der Waals surface area contributed by atoms with Gasteiger partial charge in [0.2, 0.25) is 0 Å². The molecule has 0 bridgehead atoms. The third kappa shape index (κ3) is 5.12. The molecule has 0 saturated heterocycles. The third-order valence-electron chi connectivity index (χ3n) is 3.74. The van der Waals surface area contributed by atoms with E-state index in [1.165, 1.54) is 11.8 Å². The Bertz CT molecular complexity index is 977. The first-order chi connectivity index (χ1) is 13.0. The maximum Gasteiger partial charge on any atom is 0.314 e. The number of nitrogens with one attached hydrogen (secondary N) is 2. The molecule has 3 aromatic carbocycles. The molecule has 0 heterocycles. The molecule has 0 aliphatic heterocycles. The maximum atomic E-state index is 12.3. The standard InChI is InChI=1S/C21H17ClN2O2S/c1-14-11-12-15(13-17(14)22)23-20(25)21(26)24-18-9-5-6-10-19(18)27-16-7-3-2-4-8-16/h2-13H,1H3,(H,23,25)(H,24,26). The summed E-state index contributed by atoms with van der Waals surface area (Å²) >= 11 is 7.56. The Balaban J connectivity index is 1.70. The quantitative estimate of drug-likeness (QED) is 0.582. The second-order valence-corrected chi connectivity index (χ2v) is 7.31. The number of amides is 2. The van der Waals surface area contributed by atoms with Crippen molar-refractivity contribution < 1.29 is 9.59 Å². The van der Waals surface area contributed by atoms with E-state index in [-0.39, 0.29) is 0 Å². The van der Waals surface area contributed by atoms with Crippen LogP contribution in [0.5, 0.6) is 0 Å². The van der Waals surface area contributed by atoms with Crippen LogP contribution in [-0.4, -0.2) is 11.8 Å². The van der Waals surface area contributed by atoms with Gasteiger partial charge in [0, 0.05) is 20.5 Å². The molecule has 27 heavy (non-hydrogen) atoms. The minimum absolute atomic E-state index is 0.470. The zero-order chi connectivity index (χ0) is 19.2. The summed E-state index contributed by atoms with van der Waals surface area (Å²) in [7, 11) is 0. The molecule has 0 saturated carbocycles. The van der Waals surface area contributed by atoms with Gasteiger partial charge in [-0.1, -0.05) is 59.8 Å². The highest BCUT2D eigenvalue weighted by molar-refractivity contribution is 7.99. The predicted molar refractivity (Wildman–Crippen MR) is 110 cm³/mol. The van der Waals surface area contributed by atoms with Crippen molar-refractivity contribution in [1.82, 2.24) is 0 Å². The molecule has 0 radical (unpaired) electrons. The number of benzene rings is 3. The number of para-hydroxylation sites is 1. The smallest absolute Gasteiger partial charge is 0.314 e. The normalized spacial score (nSPS) is 10.3. The van der Waals surface area contributed by atoms with Crippen molar-refractivity contribution in [2.24, 2.45) is 0 Å². The Hall–Kier alpha value is -2.76. The van der Waals surface area contributed by atoms with E-state index in [0.717, 1.165) is 15.4 Å². The van der Waals surface area contributed by atoms with Gasteiger partial charge in [-0.2, -0.15) is 0 Å². The van der Waals surface area contributed by atoms with Crippen molar-refractivity contribution in [1.29, 1.82) is 0 Å². The fourth-order valence-electron chi connectivity index (χ4n) is 2.31. The van der Waals surface area contributed by atoms with Crippen LogP contribution < -0.4 is 10.6 Å². The lowest BCUT2D eigenvalue weighted by Crippen LogP contribution is -2.29. The molecular formula is C21H17ClN2O2S. The summed E-state index contributed by atoms with van der Waals surface area (Å²) < 4.78 is 0. The van der Waals surface area contributed by atoms with Crippen LogP contribution in [0.4, 0.5) is 11.4 Å². The number of carbonyl (C=O) groups excluding carboxylic acids is 2. The molecule has 0 fully saturated rings. The number of rotatable bonds is 4. The van der Waals surface area contributed by atoms with Gasteiger partial charge in [0.25, 0.3) is 0 Å². The number of aryl methyl sites for hydroxylation is 1. The zero-order valence-electron chi connectivity index (χ0n) is 14.5. The van der Waals surface area contributed by atoms with Gasteiger partial charge in [-0.05, 0) is 48.9 Å². The predicted octanol–water partition coefficient (Wildman–Crippen LogP) is 5.38. The highest BCUT2D eigenvalue weighted by Gasteiger charge is 2.16. The van der Waals surface area contributed by atoms with E-state index in [1.807, 2.05) is 55.5 Å². The monoisotopic (exact) mass is 396 g/mol. The average Bonchev–Trinajstić information content (AvgIpc) is 2.67. The Morgan fingerprint density at radius 2 is 1.52 bits per heavy atom. The number of halogens is 1. The molecule has 2 amide bonds. The lowest BCUT2D eigenvalue weighted by Gasteiger charge is -2.11. The molecule has 0 aliphatic carbocycles. The molecule has 0 unspecified atom stereocenters. The molecule has 0 aromatic heterocycles. The fourth-order valence-corrected chi connectivity index (χ4v) is 3.42. The topological polar surface area (TPSA) is 58.2 Å². The van der Waals surface area contributed by atoms with Crippen LogP contribution in [0.1, 0.15) is 5.56 Å². The third-order valence-corrected chi connectivity index (χ3v) is 5.23. The van der Waals surface area contributed by atoms with Crippen molar-refractivity contribution in [3.05, 3.63) is 83.4 Å². The number of hydrogen-bond donors (Lipinski definition) is 2. The molecule has 0 aliphatic rings. The first kappa shape index (κ1) is 19.0. The number of anilines is 2. The zero-order valence-corrected chi connectivity index (χ0v) is 16.1. The van der Waals surface area contributed by atoms with Gasteiger partial charge in [-0.15, -0.1) is 0 Å². The van der Waals surface area contributed by atoms with Gasteiger partial charge in [-0.25, -0.2) is 0 Å². The fraction of sp³-hybridized carbons (Fsp3) is 0.0476. The first-order valence-electron chi connectivity index (χ1n) is 8.23. The van der Waals surface area contributed by atoms with Crippen LogP contribution in [0.25, 0.3) is 0 Å². The van der Waals surface area contributed by atoms with E-state index >= 15 is 0 Å². The minimum atomic E-state index is -0.755. The van der Waals surface area contributed by atoms with Crippen LogP contribution in [0.2, 0.25) is 5.02 Å². The van der Waals surface area contributed by atoms with E-state index in [2.05, 4.69) is 10.6 Å². The van der Waals surface area contributed by atoms with Crippen molar-refractivity contribution in [3.63, 3.8) is 0 Å². The molecule has 0 atom stereocenters. The summed E-state index contributed by atoms with van der Waals surface area (Å²) in [5, 5.41) is 5.75. The Labute approximate surface area is 166 Å². The van der Waals surface area contributed by atoms with Gasteiger partial charge in [0.15, 0.2) is 0 Å². The molecule has 6 heteroatoms. The molecular weight excluding hydrogens is 380 g/mol. The lowest BCUT2D eigenvalue weighted by atomic mass is 10.2. The van der Waals surface area contributed by atoms with Crippen molar-refractivity contribution >= 4 is 46.6 Å². The molecule has 3 rings (SSSR count). The van der Waals surface area contributed by atoms with E-state index in [0.29, 0.717) is 16.4 Å². The van der Waals surface area contributed by atoms with Gasteiger partial charge >= 0.3 is 11.8 Å². The van der Waals surface area contributed by atoms with Crippen LogP contribution in [0, 0.1) is 6.92 Å². The highest BCUT2D eigenvalue weighted by Crippen LogP contribution is 2.33. The summed E-state index contributed by atoms with van der Waals surface area (Å²) in [5.74, 6) is -1.50. The lowest BCUT2D eigenvalue weighted by molar-refractivity contribution is -0.133. The summed E-state index contributed by atoms with van der Waals surface area (Å²) in [6, 6.07) is 22.2. The van der Waals surface area contributed by atoms with Crippen molar-refractivity contribution in [2.75, 3.05) is 10.6 Å². The Morgan fingerprint density at radius 3 is 2.26 bits per heavy atom. The summed E-state index contributed by atoms with van der Waals surface area (Å²) in [4.78, 5) is 26.4. The van der Waals surface area contributed by atoms with Gasteiger partial charge < -0.3 is 10.6 Å². The largest absolute Gasteiger partial charge is 0.318 e. The summed E-state index contributed by atoms with van der Waals surface area (Å²) in [6.07, 6.45) is 0. The molecule has 4 nitrogen and oxygen atoms in total. The molecule has 0 spiro atoms. The average molecular weight is 397 g/mol. The summed E-state index contributed by atoms with van der Waals surface area (Å²) in [5.41, 5.74) is 1.94. The van der Waals surface area contributed by atoms with E-state index in [9.17, 15) is 9.59 Å². The molecule has 2 N–H and O–H groups in total. The number of carbonyl (C=O) groups is 2. The Kier molecular flexibility index (Phi) is 6.16. The molecule has 3 aromatic rings. The van der Waals surface area contributed by atoms with E-state index in [4.69, 9.17) is 11.6 Å². The van der Waals surface area contributed by atoms with E-state index in [1.54, 1.807) is 24.3 Å². The SMILES string of the molecule is Cc1ccc(NC(=O)C(=O)Nc2ccccc2Sc2ccccc2)cc1Cl. The molecule has 136 valence electrons. The summed E-state index contributed by atoms with van der Waals surface area (Å²) in [6.45, 7) is 1.86. The van der Waals surface area contributed by atoms with Crippen LogP contribution in [0.15, 0.2) is 82.6 Å². The van der Waals surface area contributed by atoms with Crippen LogP contribution >= 0.6 is 23.4 Å². The second-order valence-electron chi connectivity index (χ2n) is 5.78. The van der Waals surface area contributed by atoms with Crippen LogP contribution in [-0.2, 0) is 9.59 Å². The maximum absolute atomic E-state index is 12.3. The highest BCUT2D eigenvalue weighted by atomic mass is 35.5. The first-order valence-corrected chi connectivity index (χ1v) is 9.43. The van der Waals surface area contributed by atoms with E-state index < -0.39 is 11.8 Å². The van der Waals surface area contributed by atoms with Gasteiger partial charge in [-0.3, -0.25) is 9.59 Å². The minimum Gasteiger partial charge on any atom is -0.318 e. The number of hydrogen-bond acceptors (Lipinski definition) is 3. The Morgan fingerprint density at radius 1 is 0.852 bits per heavy atom. The van der Waals surface area contributed by atoms with Gasteiger partial charge in [0.05, 0.1) is 5.69 Å².